The Balaban J connectivity index is 1.64. The Hall–Kier alpha value is 0.150. The molecule has 4 aliphatic heterocycles. The van der Waals surface area contributed by atoms with E-state index in [1.807, 2.05) is 6.92 Å². The van der Waals surface area contributed by atoms with E-state index in [1.54, 1.807) is 11.8 Å². The quantitative estimate of drug-likeness (QED) is 0.615. The van der Waals surface area contributed by atoms with Gasteiger partial charge in [-0.05, 0) is 56.1 Å². The van der Waals surface area contributed by atoms with Crippen molar-refractivity contribution in [1.29, 1.82) is 0 Å². The predicted octanol–water partition coefficient (Wildman–Crippen LogP) is 3.31. The van der Waals surface area contributed by atoms with E-state index in [9.17, 15) is 0 Å². The minimum atomic E-state index is -0.696. The zero-order valence-electron chi connectivity index (χ0n) is 14.9. The molecule has 0 radical (unpaired) electrons. The number of thioether (sulfide) groups is 1. The van der Waals surface area contributed by atoms with Crippen LogP contribution in [0.25, 0.3) is 0 Å². The number of rotatable bonds is 4. The normalized spacial score (nSPS) is 53.5. The van der Waals surface area contributed by atoms with Crippen LogP contribution in [0.5, 0.6) is 0 Å². The van der Waals surface area contributed by atoms with E-state index < -0.39 is 11.4 Å². The highest BCUT2D eigenvalue weighted by atomic mass is 32.2. The monoisotopic (exact) mass is 358 g/mol. The predicted molar refractivity (Wildman–Crippen MR) is 91.0 cm³/mol. The average Bonchev–Trinajstić information content (AvgIpc) is 2.78. The van der Waals surface area contributed by atoms with E-state index in [1.165, 1.54) is 6.42 Å². The van der Waals surface area contributed by atoms with Crippen molar-refractivity contribution in [2.24, 2.45) is 23.7 Å². The molecule has 4 heterocycles. The fourth-order valence-corrected chi connectivity index (χ4v) is 6.53. The Morgan fingerprint density at radius 1 is 1.12 bits per heavy atom. The largest absolute Gasteiger partial charge is 0.396 e. The van der Waals surface area contributed by atoms with Crippen molar-refractivity contribution >= 4 is 11.8 Å². The second kappa shape index (κ2) is 6.39. The van der Waals surface area contributed by atoms with Crippen molar-refractivity contribution in [2.75, 3.05) is 12.4 Å². The van der Waals surface area contributed by atoms with Crippen LogP contribution in [0.2, 0.25) is 0 Å². The van der Waals surface area contributed by atoms with Crippen LogP contribution in [0.3, 0.4) is 0 Å². The van der Waals surface area contributed by atoms with Crippen LogP contribution in [-0.4, -0.2) is 40.6 Å². The maximum Gasteiger partial charge on any atom is 0.201 e. The smallest absolute Gasteiger partial charge is 0.201 e. The summed E-state index contributed by atoms with van der Waals surface area (Å²) in [6, 6.07) is 0. The molecule has 5 rings (SSSR count). The molecule has 5 fully saturated rings. The van der Waals surface area contributed by atoms with E-state index in [0.717, 1.165) is 31.4 Å². The summed E-state index contributed by atoms with van der Waals surface area (Å²) in [4.78, 5) is 12.0. The molecule has 4 saturated heterocycles. The molecule has 0 aromatic heterocycles. The van der Waals surface area contributed by atoms with Gasteiger partial charge in [0.05, 0.1) is 0 Å². The van der Waals surface area contributed by atoms with Gasteiger partial charge in [0.1, 0.15) is 5.44 Å². The molecule has 2 bridgehead atoms. The third kappa shape index (κ3) is 2.57. The molecule has 1 spiro atoms. The Morgan fingerprint density at radius 2 is 1.96 bits per heavy atom. The maximum atomic E-state index is 9.06. The first-order valence-electron chi connectivity index (χ1n) is 9.43. The fraction of sp³-hybridized carbons (Fsp3) is 1.00. The fourth-order valence-electron chi connectivity index (χ4n) is 5.33. The van der Waals surface area contributed by atoms with Crippen molar-refractivity contribution in [3.8, 4) is 0 Å². The molecular formula is C18H30O5S. The van der Waals surface area contributed by atoms with Crippen LogP contribution in [0.4, 0.5) is 0 Å². The standard InChI is InChI=1S/C18H30O5S/c1-11-5-6-14-12(2)15(24-10-4-9-19)20-16-18(14)13(11)7-8-17(3,21-16)22-23-18/h11-16,19H,4-10H2,1-3H3/t11-,12-,13+,14+,15+,16-,17+,18-/m1/s1. The van der Waals surface area contributed by atoms with Gasteiger partial charge in [-0.25, -0.2) is 9.78 Å². The van der Waals surface area contributed by atoms with Gasteiger partial charge < -0.3 is 14.6 Å². The second-order valence-electron chi connectivity index (χ2n) is 8.22. The number of aliphatic hydroxyl groups excluding tert-OH is 1. The number of hydrogen-bond acceptors (Lipinski definition) is 6. The molecule has 8 atom stereocenters. The lowest BCUT2D eigenvalue weighted by Crippen LogP contribution is -2.70. The SMILES string of the molecule is C[C@H]1[C@H](SCCCO)O[C@@H]2O[C@]3(C)CC[C@H]4[C@H](C)CC[C@@H]1[C@@]24OO3. The first-order valence-corrected chi connectivity index (χ1v) is 10.5. The number of aliphatic hydroxyl groups is 1. The van der Waals surface area contributed by atoms with Gasteiger partial charge in [-0.1, -0.05) is 13.8 Å². The van der Waals surface area contributed by atoms with Crippen LogP contribution in [0, 0.1) is 23.7 Å². The summed E-state index contributed by atoms with van der Waals surface area (Å²) in [5.41, 5.74) is -0.362. The van der Waals surface area contributed by atoms with E-state index in [2.05, 4.69) is 13.8 Å². The summed E-state index contributed by atoms with van der Waals surface area (Å²) in [6.07, 6.45) is 4.76. The molecule has 0 aromatic rings. The highest BCUT2D eigenvalue weighted by Gasteiger charge is 2.69. The van der Waals surface area contributed by atoms with Crippen molar-refractivity contribution in [3.63, 3.8) is 0 Å². The highest BCUT2D eigenvalue weighted by Crippen LogP contribution is 2.61. The molecule has 6 heteroatoms. The molecular weight excluding hydrogens is 328 g/mol. The molecule has 5 nitrogen and oxygen atoms in total. The summed E-state index contributed by atoms with van der Waals surface area (Å²) in [6.45, 7) is 6.81. The zero-order valence-corrected chi connectivity index (χ0v) is 15.7. The van der Waals surface area contributed by atoms with Crippen LogP contribution in [-0.2, 0) is 19.2 Å². The van der Waals surface area contributed by atoms with Gasteiger partial charge in [0, 0.05) is 18.9 Å². The van der Waals surface area contributed by atoms with Gasteiger partial charge in [-0.3, -0.25) is 0 Å². The van der Waals surface area contributed by atoms with Gasteiger partial charge in [-0.15, -0.1) is 11.8 Å². The first kappa shape index (κ1) is 17.6. The minimum absolute atomic E-state index is 0.0952. The van der Waals surface area contributed by atoms with Crippen LogP contribution in [0.15, 0.2) is 0 Å². The number of ether oxygens (including phenoxy) is 2. The molecule has 5 aliphatic rings. The van der Waals surface area contributed by atoms with Gasteiger partial charge >= 0.3 is 0 Å². The molecule has 1 N–H and O–H groups in total. The first-order chi connectivity index (χ1) is 11.5. The third-order valence-corrected chi connectivity index (χ3v) is 8.08. The number of fused-ring (bicyclic) bond motifs is 2. The van der Waals surface area contributed by atoms with Crippen molar-refractivity contribution in [2.45, 2.75) is 76.0 Å². The van der Waals surface area contributed by atoms with Crippen LogP contribution < -0.4 is 0 Å². The summed E-state index contributed by atoms with van der Waals surface area (Å²) >= 11 is 1.80. The Kier molecular flexibility index (Phi) is 4.68. The van der Waals surface area contributed by atoms with E-state index in [4.69, 9.17) is 24.4 Å². The lowest BCUT2D eigenvalue weighted by atomic mass is 9.58. The Bertz CT molecular complexity index is 476. The zero-order chi connectivity index (χ0) is 16.9. The van der Waals surface area contributed by atoms with Crippen LogP contribution in [0.1, 0.15) is 52.9 Å². The molecule has 1 saturated carbocycles. The van der Waals surface area contributed by atoms with Gasteiger partial charge in [0.15, 0.2) is 11.9 Å². The molecule has 0 amide bonds. The average molecular weight is 359 g/mol. The van der Waals surface area contributed by atoms with Gasteiger partial charge in [-0.2, -0.15) is 0 Å². The van der Waals surface area contributed by atoms with Gasteiger partial charge in [0.2, 0.25) is 5.79 Å². The molecule has 1 aliphatic carbocycles. The minimum Gasteiger partial charge on any atom is -0.396 e. The van der Waals surface area contributed by atoms with Crippen molar-refractivity contribution in [1.82, 2.24) is 0 Å². The van der Waals surface area contributed by atoms with Crippen molar-refractivity contribution in [3.05, 3.63) is 0 Å². The lowest BCUT2D eigenvalue weighted by Gasteiger charge is -2.60. The molecule has 0 unspecified atom stereocenters. The highest BCUT2D eigenvalue weighted by molar-refractivity contribution is 7.99. The van der Waals surface area contributed by atoms with Crippen molar-refractivity contribution < 1.29 is 24.4 Å². The molecule has 0 aromatic carbocycles. The van der Waals surface area contributed by atoms with E-state index >= 15 is 0 Å². The summed E-state index contributed by atoms with van der Waals surface area (Å²) < 4.78 is 12.8. The van der Waals surface area contributed by atoms with Crippen LogP contribution >= 0.6 is 11.8 Å². The third-order valence-electron chi connectivity index (χ3n) is 6.68. The Labute approximate surface area is 148 Å². The topological polar surface area (TPSA) is 57.2 Å². The summed E-state index contributed by atoms with van der Waals surface area (Å²) in [5, 5.41) is 9.06. The molecule has 138 valence electrons. The molecule has 24 heavy (non-hydrogen) atoms. The Morgan fingerprint density at radius 3 is 2.75 bits per heavy atom. The van der Waals surface area contributed by atoms with E-state index in [0.29, 0.717) is 23.7 Å². The van der Waals surface area contributed by atoms with Gasteiger partial charge in [0.25, 0.3) is 0 Å². The van der Waals surface area contributed by atoms with E-state index in [-0.39, 0.29) is 18.3 Å². The second-order valence-corrected chi connectivity index (χ2v) is 9.43. The lowest BCUT2D eigenvalue weighted by molar-refractivity contribution is -0.568. The summed E-state index contributed by atoms with van der Waals surface area (Å²) in [7, 11) is 0. The summed E-state index contributed by atoms with van der Waals surface area (Å²) in [5.74, 6) is 2.02. The maximum absolute atomic E-state index is 9.06. The number of hydrogen-bond donors (Lipinski definition) is 1.